The quantitative estimate of drug-likeness (QED) is 0.776. The topological polar surface area (TPSA) is 84.5 Å². The first kappa shape index (κ1) is 19.8. The van der Waals surface area contributed by atoms with Crippen molar-refractivity contribution in [3.05, 3.63) is 53.6 Å². The molecule has 2 aromatic carbocycles. The van der Waals surface area contributed by atoms with E-state index in [-0.39, 0.29) is 16.8 Å². The summed E-state index contributed by atoms with van der Waals surface area (Å²) in [6.45, 7) is 5.75. The summed E-state index contributed by atoms with van der Waals surface area (Å²) in [5.41, 5.74) is 1.68. The highest BCUT2D eigenvalue weighted by atomic mass is 32.2. The van der Waals surface area contributed by atoms with E-state index >= 15 is 0 Å². The predicted molar refractivity (Wildman–Crippen MR) is 102 cm³/mol. The maximum atomic E-state index is 12.6. The van der Waals surface area contributed by atoms with Crippen LogP contribution >= 0.6 is 0 Å². The molecule has 2 rings (SSSR count). The van der Waals surface area contributed by atoms with Gasteiger partial charge in [0.2, 0.25) is 0 Å². The lowest BCUT2D eigenvalue weighted by Gasteiger charge is -2.13. The Morgan fingerprint density at radius 1 is 1.15 bits per heavy atom. The second kappa shape index (κ2) is 8.23. The van der Waals surface area contributed by atoms with E-state index in [2.05, 4.69) is 10.0 Å². The van der Waals surface area contributed by atoms with Gasteiger partial charge in [-0.3, -0.25) is 9.52 Å². The van der Waals surface area contributed by atoms with Crippen molar-refractivity contribution in [3.63, 3.8) is 0 Å². The molecule has 0 fully saturated rings. The SMILES string of the molecule is CCC(C)NC(=O)c1ccc(S(=O)(=O)Nc2cc(C)ccc2OC)cc1. The Labute approximate surface area is 154 Å². The normalized spacial score (nSPS) is 12.3. The molecule has 1 atom stereocenters. The molecule has 1 amide bonds. The van der Waals surface area contributed by atoms with Crippen LogP contribution in [0.4, 0.5) is 5.69 Å². The molecule has 0 radical (unpaired) electrons. The molecule has 26 heavy (non-hydrogen) atoms. The van der Waals surface area contributed by atoms with Crippen LogP contribution in [0, 0.1) is 6.92 Å². The van der Waals surface area contributed by atoms with Gasteiger partial charge in [0.15, 0.2) is 0 Å². The fraction of sp³-hybridized carbons (Fsp3) is 0.316. The standard InChI is InChI=1S/C19H24N2O4S/c1-5-14(3)20-19(22)15-7-9-16(10-8-15)26(23,24)21-17-12-13(2)6-11-18(17)25-4/h6-12,14,21H,5H2,1-4H3,(H,20,22). The predicted octanol–water partition coefficient (Wildman–Crippen LogP) is 3.33. The first-order valence-electron chi connectivity index (χ1n) is 8.35. The summed E-state index contributed by atoms with van der Waals surface area (Å²) in [7, 11) is -2.32. The lowest BCUT2D eigenvalue weighted by atomic mass is 10.2. The number of aryl methyl sites for hydroxylation is 1. The van der Waals surface area contributed by atoms with Crippen LogP contribution in [0.2, 0.25) is 0 Å². The average Bonchev–Trinajstić information content (AvgIpc) is 2.61. The summed E-state index contributed by atoms with van der Waals surface area (Å²) in [5, 5.41) is 2.84. The van der Waals surface area contributed by atoms with Gasteiger partial charge in [-0.15, -0.1) is 0 Å². The molecule has 6 nitrogen and oxygen atoms in total. The average molecular weight is 376 g/mol. The summed E-state index contributed by atoms with van der Waals surface area (Å²) in [4.78, 5) is 12.2. The van der Waals surface area contributed by atoms with E-state index in [1.54, 1.807) is 12.1 Å². The second-order valence-electron chi connectivity index (χ2n) is 6.12. The van der Waals surface area contributed by atoms with Crippen molar-refractivity contribution in [2.24, 2.45) is 0 Å². The molecule has 0 aliphatic carbocycles. The summed E-state index contributed by atoms with van der Waals surface area (Å²) in [6, 6.07) is 11.1. The van der Waals surface area contributed by atoms with Crippen LogP contribution in [0.15, 0.2) is 47.4 Å². The van der Waals surface area contributed by atoms with Crippen LogP contribution in [-0.2, 0) is 10.0 Å². The minimum Gasteiger partial charge on any atom is -0.495 e. The van der Waals surface area contributed by atoms with Crippen molar-refractivity contribution in [1.82, 2.24) is 5.32 Å². The van der Waals surface area contributed by atoms with Gasteiger partial charge in [-0.2, -0.15) is 0 Å². The zero-order valence-corrected chi connectivity index (χ0v) is 16.2. The molecule has 2 N–H and O–H groups in total. The van der Waals surface area contributed by atoms with Gasteiger partial charge in [0.05, 0.1) is 17.7 Å². The maximum absolute atomic E-state index is 12.6. The molecular weight excluding hydrogens is 352 g/mol. The van der Waals surface area contributed by atoms with Gasteiger partial charge in [-0.1, -0.05) is 13.0 Å². The molecule has 0 heterocycles. The van der Waals surface area contributed by atoms with Gasteiger partial charge in [-0.25, -0.2) is 8.42 Å². The number of benzene rings is 2. The van der Waals surface area contributed by atoms with E-state index in [1.165, 1.54) is 31.4 Å². The number of amides is 1. The van der Waals surface area contributed by atoms with Gasteiger partial charge < -0.3 is 10.1 Å². The number of hydrogen-bond acceptors (Lipinski definition) is 4. The van der Waals surface area contributed by atoms with Crippen molar-refractivity contribution in [1.29, 1.82) is 0 Å². The van der Waals surface area contributed by atoms with E-state index in [9.17, 15) is 13.2 Å². The number of anilines is 1. The molecule has 7 heteroatoms. The number of ether oxygens (including phenoxy) is 1. The number of methoxy groups -OCH3 is 1. The molecule has 0 spiro atoms. The highest BCUT2D eigenvalue weighted by molar-refractivity contribution is 7.92. The highest BCUT2D eigenvalue weighted by Crippen LogP contribution is 2.27. The van der Waals surface area contributed by atoms with E-state index in [0.717, 1.165) is 12.0 Å². The van der Waals surface area contributed by atoms with Gasteiger partial charge in [-0.05, 0) is 62.2 Å². The third kappa shape index (κ3) is 4.76. The number of carbonyl (C=O) groups is 1. The lowest BCUT2D eigenvalue weighted by Crippen LogP contribution is -2.31. The highest BCUT2D eigenvalue weighted by Gasteiger charge is 2.18. The van der Waals surface area contributed by atoms with Crippen LogP contribution in [0.3, 0.4) is 0 Å². The van der Waals surface area contributed by atoms with Crippen LogP contribution in [0.25, 0.3) is 0 Å². The monoisotopic (exact) mass is 376 g/mol. The van der Waals surface area contributed by atoms with Crippen LogP contribution in [-0.4, -0.2) is 27.5 Å². The van der Waals surface area contributed by atoms with Gasteiger partial charge >= 0.3 is 0 Å². The molecule has 0 saturated heterocycles. The van der Waals surface area contributed by atoms with Crippen molar-refractivity contribution >= 4 is 21.6 Å². The molecular formula is C19H24N2O4S. The molecule has 0 aliphatic heterocycles. The second-order valence-corrected chi connectivity index (χ2v) is 7.80. The minimum absolute atomic E-state index is 0.0568. The number of carbonyl (C=O) groups excluding carboxylic acids is 1. The van der Waals surface area contributed by atoms with Gasteiger partial charge in [0.1, 0.15) is 5.75 Å². The minimum atomic E-state index is -3.79. The molecule has 140 valence electrons. The molecule has 0 bridgehead atoms. The summed E-state index contributed by atoms with van der Waals surface area (Å²) >= 11 is 0. The number of nitrogens with one attached hydrogen (secondary N) is 2. The van der Waals surface area contributed by atoms with Crippen LogP contribution in [0.1, 0.15) is 36.2 Å². The Balaban J connectivity index is 2.22. The van der Waals surface area contributed by atoms with E-state index in [0.29, 0.717) is 17.0 Å². The van der Waals surface area contributed by atoms with Crippen molar-refractivity contribution in [2.75, 3.05) is 11.8 Å². The molecule has 0 aliphatic rings. The molecule has 1 unspecified atom stereocenters. The third-order valence-electron chi connectivity index (χ3n) is 4.02. The molecule has 0 aromatic heterocycles. The maximum Gasteiger partial charge on any atom is 0.262 e. The number of sulfonamides is 1. The fourth-order valence-corrected chi connectivity index (χ4v) is 3.36. The van der Waals surface area contributed by atoms with E-state index in [1.807, 2.05) is 26.8 Å². The fourth-order valence-electron chi connectivity index (χ4n) is 2.30. The Kier molecular flexibility index (Phi) is 6.26. The van der Waals surface area contributed by atoms with Crippen molar-refractivity contribution in [2.45, 2.75) is 38.1 Å². The Bertz CT molecular complexity index is 877. The van der Waals surface area contributed by atoms with Crippen molar-refractivity contribution in [3.8, 4) is 5.75 Å². The smallest absolute Gasteiger partial charge is 0.262 e. The lowest BCUT2D eigenvalue weighted by molar-refractivity contribution is 0.0939. The zero-order chi connectivity index (χ0) is 19.3. The van der Waals surface area contributed by atoms with Gasteiger partial charge in [0, 0.05) is 11.6 Å². The summed E-state index contributed by atoms with van der Waals surface area (Å²) in [5.74, 6) is 0.209. The number of hydrogen-bond donors (Lipinski definition) is 2. The summed E-state index contributed by atoms with van der Waals surface area (Å²) in [6.07, 6.45) is 0.820. The molecule has 0 saturated carbocycles. The van der Waals surface area contributed by atoms with Crippen molar-refractivity contribution < 1.29 is 17.9 Å². The Morgan fingerprint density at radius 3 is 2.38 bits per heavy atom. The Morgan fingerprint density at radius 2 is 1.81 bits per heavy atom. The first-order chi connectivity index (χ1) is 12.3. The van der Waals surface area contributed by atoms with Crippen LogP contribution in [0.5, 0.6) is 5.75 Å². The zero-order valence-electron chi connectivity index (χ0n) is 15.4. The van der Waals surface area contributed by atoms with Crippen LogP contribution < -0.4 is 14.8 Å². The molecule has 2 aromatic rings. The first-order valence-corrected chi connectivity index (χ1v) is 9.83. The van der Waals surface area contributed by atoms with E-state index in [4.69, 9.17) is 4.74 Å². The number of rotatable bonds is 7. The third-order valence-corrected chi connectivity index (χ3v) is 5.40. The Hall–Kier alpha value is -2.54. The largest absolute Gasteiger partial charge is 0.495 e. The van der Waals surface area contributed by atoms with Gasteiger partial charge in [0.25, 0.3) is 15.9 Å². The van der Waals surface area contributed by atoms with E-state index < -0.39 is 10.0 Å². The summed E-state index contributed by atoms with van der Waals surface area (Å²) < 4.78 is 33.0.